The van der Waals surface area contributed by atoms with Gasteiger partial charge in [0.15, 0.2) is 0 Å². The molecular weight excluding hydrogens is 164 g/mol. The van der Waals surface area contributed by atoms with Crippen LogP contribution in [0.1, 0.15) is 12.8 Å². The molecule has 0 saturated carbocycles. The summed E-state index contributed by atoms with van der Waals surface area (Å²) < 4.78 is 5.52. The molecule has 0 fully saturated rings. The van der Waals surface area contributed by atoms with E-state index in [4.69, 9.17) is 4.74 Å². The van der Waals surface area contributed by atoms with E-state index in [1.165, 1.54) is 6.42 Å². The first kappa shape index (κ1) is 10.7. The van der Waals surface area contributed by atoms with E-state index in [2.05, 4.69) is 22.8 Å². The summed E-state index contributed by atoms with van der Waals surface area (Å²) >= 11 is 0. The maximum absolute atomic E-state index is 5.52. The third-order valence-corrected chi connectivity index (χ3v) is 2.09. The molecule has 0 bridgehead atoms. The van der Waals surface area contributed by atoms with Crippen molar-refractivity contribution in [2.45, 2.75) is 18.9 Å². The second kappa shape index (κ2) is 7.06. The minimum Gasteiger partial charge on any atom is -0.373 e. The summed E-state index contributed by atoms with van der Waals surface area (Å²) in [7, 11) is 1.98. The first-order valence-electron chi connectivity index (χ1n) is 5.07. The Bertz CT molecular complexity index is 148. The highest BCUT2D eigenvalue weighted by Crippen LogP contribution is 2.02. The van der Waals surface area contributed by atoms with E-state index in [0.29, 0.717) is 6.10 Å². The van der Waals surface area contributed by atoms with Gasteiger partial charge < -0.3 is 15.4 Å². The van der Waals surface area contributed by atoms with Crippen LogP contribution in [0.25, 0.3) is 0 Å². The summed E-state index contributed by atoms with van der Waals surface area (Å²) in [6, 6.07) is 0. The van der Waals surface area contributed by atoms with Crippen LogP contribution in [0.2, 0.25) is 0 Å². The van der Waals surface area contributed by atoms with Crippen LogP contribution in [-0.2, 0) is 4.74 Å². The lowest BCUT2D eigenvalue weighted by Gasteiger charge is -2.17. The average molecular weight is 184 g/mol. The maximum atomic E-state index is 5.52. The van der Waals surface area contributed by atoms with Crippen LogP contribution in [0.15, 0.2) is 12.2 Å². The van der Waals surface area contributed by atoms with Gasteiger partial charge in [-0.1, -0.05) is 12.2 Å². The smallest absolute Gasteiger partial charge is 0.0880 e. The monoisotopic (exact) mass is 184 g/mol. The molecule has 13 heavy (non-hydrogen) atoms. The molecule has 0 radical (unpaired) electrons. The van der Waals surface area contributed by atoms with Crippen LogP contribution < -0.4 is 10.6 Å². The van der Waals surface area contributed by atoms with Crippen LogP contribution in [0.5, 0.6) is 0 Å². The molecule has 1 atom stereocenters. The molecule has 1 aliphatic heterocycles. The van der Waals surface area contributed by atoms with Gasteiger partial charge in [-0.05, 0) is 33.0 Å². The van der Waals surface area contributed by atoms with Crippen molar-refractivity contribution in [3.05, 3.63) is 12.2 Å². The Labute approximate surface area is 80.5 Å². The van der Waals surface area contributed by atoms with Crippen molar-refractivity contribution in [1.82, 2.24) is 10.6 Å². The van der Waals surface area contributed by atoms with Crippen LogP contribution in [0.4, 0.5) is 0 Å². The molecule has 1 rings (SSSR count). The largest absolute Gasteiger partial charge is 0.373 e. The number of ether oxygens (including phenoxy) is 1. The first-order chi connectivity index (χ1) is 6.43. The van der Waals surface area contributed by atoms with Gasteiger partial charge in [0.1, 0.15) is 0 Å². The first-order valence-corrected chi connectivity index (χ1v) is 5.07. The van der Waals surface area contributed by atoms with Gasteiger partial charge in [-0.3, -0.25) is 0 Å². The number of hydrogen-bond donors (Lipinski definition) is 2. The Kier molecular flexibility index (Phi) is 5.81. The molecule has 1 aliphatic rings. The van der Waals surface area contributed by atoms with E-state index < -0.39 is 0 Å². The Balaban J connectivity index is 1.92. The minimum atomic E-state index is 0.295. The SMILES string of the molecule is CNCCCNCC1C=CCCO1. The fourth-order valence-electron chi connectivity index (χ4n) is 1.35. The van der Waals surface area contributed by atoms with Gasteiger partial charge in [0.05, 0.1) is 12.7 Å². The van der Waals surface area contributed by atoms with Crippen molar-refractivity contribution in [3.8, 4) is 0 Å². The van der Waals surface area contributed by atoms with E-state index >= 15 is 0 Å². The van der Waals surface area contributed by atoms with E-state index in [0.717, 1.165) is 32.7 Å². The van der Waals surface area contributed by atoms with Gasteiger partial charge >= 0.3 is 0 Å². The third kappa shape index (κ3) is 5.03. The molecule has 0 spiro atoms. The molecule has 1 unspecified atom stereocenters. The highest BCUT2D eigenvalue weighted by Gasteiger charge is 2.06. The standard InChI is InChI=1S/C10H20N2O/c1-11-6-4-7-12-9-10-5-2-3-8-13-10/h2,5,10-12H,3-4,6-9H2,1H3. The highest BCUT2D eigenvalue weighted by atomic mass is 16.5. The molecule has 0 aliphatic carbocycles. The predicted octanol–water partition coefficient (Wildman–Crippen LogP) is 0.531. The second-order valence-corrected chi connectivity index (χ2v) is 3.29. The fraction of sp³-hybridized carbons (Fsp3) is 0.800. The Morgan fingerprint density at radius 2 is 2.38 bits per heavy atom. The predicted molar refractivity (Wildman–Crippen MR) is 54.9 cm³/mol. The number of hydrogen-bond acceptors (Lipinski definition) is 3. The van der Waals surface area contributed by atoms with Gasteiger partial charge in [-0.2, -0.15) is 0 Å². The maximum Gasteiger partial charge on any atom is 0.0880 e. The Hall–Kier alpha value is -0.380. The van der Waals surface area contributed by atoms with Crippen LogP contribution in [0, 0.1) is 0 Å². The lowest BCUT2D eigenvalue weighted by Crippen LogP contribution is -2.31. The Morgan fingerprint density at radius 3 is 3.08 bits per heavy atom. The van der Waals surface area contributed by atoms with Gasteiger partial charge in [-0.25, -0.2) is 0 Å². The lowest BCUT2D eigenvalue weighted by atomic mass is 10.2. The van der Waals surface area contributed by atoms with Gasteiger partial charge in [0.2, 0.25) is 0 Å². The van der Waals surface area contributed by atoms with Crippen LogP contribution in [-0.4, -0.2) is 39.4 Å². The molecule has 0 aromatic heterocycles. The van der Waals surface area contributed by atoms with Crippen LogP contribution in [0.3, 0.4) is 0 Å². The summed E-state index contributed by atoms with van der Waals surface area (Å²) in [6.45, 7) is 3.96. The summed E-state index contributed by atoms with van der Waals surface area (Å²) in [4.78, 5) is 0. The summed E-state index contributed by atoms with van der Waals surface area (Å²) in [5.41, 5.74) is 0. The lowest BCUT2D eigenvalue weighted by molar-refractivity contribution is 0.0798. The normalized spacial score (nSPS) is 22.1. The van der Waals surface area contributed by atoms with Gasteiger partial charge in [0.25, 0.3) is 0 Å². The Morgan fingerprint density at radius 1 is 1.46 bits per heavy atom. The summed E-state index contributed by atoms with van der Waals surface area (Å²) in [6.07, 6.45) is 6.88. The molecule has 0 aromatic rings. The molecule has 3 nitrogen and oxygen atoms in total. The third-order valence-electron chi connectivity index (χ3n) is 2.09. The van der Waals surface area contributed by atoms with E-state index in [1.54, 1.807) is 0 Å². The molecule has 0 aromatic carbocycles. The second-order valence-electron chi connectivity index (χ2n) is 3.29. The van der Waals surface area contributed by atoms with Crippen molar-refractivity contribution < 1.29 is 4.74 Å². The average Bonchev–Trinajstić information content (AvgIpc) is 2.19. The zero-order valence-corrected chi connectivity index (χ0v) is 8.38. The van der Waals surface area contributed by atoms with Crippen molar-refractivity contribution >= 4 is 0 Å². The highest BCUT2D eigenvalue weighted by molar-refractivity contribution is 4.93. The molecule has 2 N–H and O–H groups in total. The molecule has 76 valence electrons. The van der Waals surface area contributed by atoms with Crippen molar-refractivity contribution in [2.24, 2.45) is 0 Å². The van der Waals surface area contributed by atoms with Crippen molar-refractivity contribution in [2.75, 3.05) is 33.3 Å². The summed E-state index contributed by atoms with van der Waals surface area (Å²) in [5, 5.41) is 6.49. The quantitative estimate of drug-likeness (QED) is 0.467. The number of rotatable bonds is 6. The zero-order valence-electron chi connectivity index (χ0n) is 8.38. The summed E-state index contributed by atoms with van der Waals surface area (Å²) in [5.74, 6) is 0. The molecule has 0 amide bonds. The molecular formula is C10H20N2O. The number of nitrogens with one attached hydrogen (secondary N) is 2. The van der Waals surface area contributed by atoms with E-state index in [-0.39, 0.29) is 0 Å². The molecule has 3 heteroatoms. The zero-order chi connectivity index (χ0) is 9.36. The molecule has 1 heterocycles. The van der Waals surface area contributed by atoms with Crippen molar-refractivity contribution in [1.29, 1.82) is 0 Å². The van der Waals surface area contributed by atoms with Crippen LogP contribution >= 0.6 is 0 Å². The van der Waals surface area contributed by atoms with Crippen molar-refractivity contribution in [3.63, 3.8) is 0 Å². The van der Waals surface area contributed by atoms with E-state index in [1.807, 2.05) is 7.05 Å². The topological polar surface area (TPSA) is 33.3 Å². The molecule has 0 saturated heterocycles. The van der Waals surface area contributed by atoms with Gasteiger partial charge in [-0.15, -0.1) is 0 Å². The minimum absolute atomic E-state index is 0.295. The fourth-order valence-corrected chi connectivity index (χ4v) is 1.35. The van der Waals surface area contributed by atoms with Gasteiger partial charge in [0, 0.05) is 6.54 Å². The van der Waals surface area contributed by atoms with E-state index in [9.17, 15) is 0 Å².